The Morgan fingerprint density at radius 2 is 1.62 bits per heavy atom. The van der Waals surface area contributed by atoms with Crippen molar-refractivity contribution in [3.05, 3.63) is 35.9 Å². The van der Waals surface area contributed by atoms with Crippen LogP contribution in [0.3, 0.4) is 0 Å². The second kappa shape index (κ2) is 17.7. The van der Waals surface area contributed by atoms with Gasteiger partial charge in [-0.25, -0.2) is 0 Å². The molecule has 3 unspecified atom stereocenters. The van der Waals surface area contributed by atoms with E-state index in [-0.39, 0.29) is 30.1 Å². The zero-order chi connectivity index (χ0) is 35.6. The predicted molar refractivity (Wildman–Crippen MR) is 186 cm³/mol. The third kappa shape index (κ3) is 10.2. The van der Waals surface area contributed by atoms with Gasteiger partial charge in [0, 0.05) is 34.0 Å². The van der Waals surface area contributed by atoms with Gasteiger partial charge in [-0.1, -0.05) is 57.5 Å². The van der Waals surface area contributed by atoms with Crippen LogP contribution in [0.4, 0.5) is 0 Å². The van der Waals surface area contributed by atoms with Crippen LogP contribution in [0.25, 0.3) is 0 Å². The molecular formula is C33H48N6O7S2. The van der Waals surface area contributed by atoms with Gasteiger partial charge in [0.15, 0.2) is 0 Å². The number of thioether (sulfide) groups is 2. The van der Waals surface area contributed by atoms with Gasteiger partial charge in [0.25, 0.3) is 5.91 Å². The molecule has 0 bridgehead atoms. The van der Waals surface area contributed by atoms with Gasteiger partial charge < -0.3 is 31.1 Å². The van der Waals surface area contributed by atoms with Crippen molar-refractivity contribution >= 4 is 64.8 Å². The summed E-state index contributed by atoms with van der Waals surface area (Å²) < 4.78 is -0.395. The lowest BCUT2D eigenvalue weighted by Gasteiger charge is -2.33. The molecule has 1 aromatic carbocycles. The van der Waals surface area contributed by atoms with Gasteiger partial charge in [0.1, 0.15) is 18.1 Å². The maximum absolute atomic E-state index is 13.9. The molecule has 1 spiro atoms. The lowest BCUT2D eigenvalue weighted by atomic mass is 10.0. The summed E-state index contributed by atoms with van der Waals surface area (Å²) in [5, 5.41) is 10.4. The van der Waals surface area contributed by atoms with E-state index in [1.165, 1.54) is 16.7 Å². The van der Waals surface area contributed by atoms with Crippen molar-refractivity contribution in [2.24, 2.45) is 5.92 Å². The van der Waals surface area contributed by atoms with Crippen molar-refractivity contribution < 1.29 is 33.6 Å². The topological polar surface area (TPSA) is 174 Å². The van der Waals surface area contributed by atoms with Crippen LogP contribution in [0.5, 0.6) is 0 Å². The van der Waals surface area contributed by atoms with Crippen LogP contribution in [0, 0.1) is 5.92 Å². The second-order valence-corrected chi connectivity index (χ2v) is 15.8. The minimum atomic E-state index is -1.19. The van der Waals surface area contributed by atoms with Gasteiger partial charge in [0.2, 0.25) is 35.3 Å². The van der Waals surface area contributed by atoms with Gasteiger partial charge in [-0.3, -0.25) is 33.6 Å². The standard InChI is InChI=1S/C33H48N6O7S2/c1-7-12-23(28(42)30(44)34-18-25(41)37-27(31(45)38(5)6)22-13-9-8-10-14-22)36-29(43)24-17-33(47-15-11-16-48-33)19-39(24)32(46)26(20(2)3)35-21(4)40/h8-10,13-14,20,23-24,26-27H,7,11-12,15-19H2,1-6H3,(H,34,44)(H,35,40)(H,36,43)(H,37,41)/t23?,24-,26?,27?/m0/s1. The highest BCUT2D eigenvalue weighted by atomic mass is 32.2. The molecule has 0 aromatic heterocycles. The van der Waals surface area contributed by atoms with E-state index in [1.54, 1.807) is 74.9 Å². The Morgan fingerprint density at radius 3 is 2.19 bits per heavy atom. The van der Waals surface area contributed by atoms with E-state index in [0.29, 0.717) is 24.9 Å². The number of hydrogen-bond acceptors (Lipinski definition) is 9. The van der Waals surface area contributed by atoms with Crippen molar-refractivity contribution in [2.45, 2.75) is 81.6 Å². The van der Waals surface area contributed by atoms with Gasteiger partial charge in [0.05, 0.1) is 16.7 Å². The molecule has 4 N–H and O–H groups in total. The molecule has 4 atom stereocenters. The van der Waals surface area contributed by atoms with Crippen molar-refractivity contribution in [2.75, 3.05) is 38.7 Å². The van der Waals surface area contributed by atoms with Crippen molar-refractivity contribution in [3.8, 4) is 0 Å². The predicted octanol–water partition coefficient (Wildman–Crippen LogP) is 1.23. The Morgan fingerprint density at radius 1 is 0.979 bits per heavy atom. The largest absolute Gasteiger partial charge is 0.347 e. The molecule has 48 heavy (non-hydrogen) atoms. The molecule has 2 saturated heterocycles. The number of nitrogens with one attached hydrogen (secondary N) is 4. The monoisotopic (exact) mass is 704 g/mol. The normalized spacial score (nSPS) is 18.7. The van der Waals surface area contributed by atoms with Crippen molar-refractivity contribution in [1.29, 1.82) is 0 Å². The van der Waals surface area contributed by atoms with Crippen LogP contribution in [0.2, 0.25) is 0 Å². The molecule has 0 aliphatic carbocycles. The molecule has 2 aliphatic rings. The molecule has 264 valence electrons. The summed E-state index contributed by atoms with van der Waals surface area (Å²) in [7, 11) is 3.12. The Labute approximate surface area is 290 Å². The molecule has 15 heteroatoms. The van der Waals surface area contributed by atoms with E-state index in [0.717, 1.165) is 17.9 Å². The fourth-order valence-electron chi connectivity index (χ4n) is 5.68. The third-order valence-electron chi connectivity index (χ3n) is 8.16. The molecule has 2 aliphatic heterocycles. The highest BCUT2D eigenvalue weighted by molar-refractivity contribution is 8.18. The van der Waals surface area contributed by atoms with E-state index >= 15 is 0 Å². The van der Waals surface area contributed by atoms with E-state index in [9.17, 15) is 33.6 Å². The summed E-state index contributed by atoms with van der Waals surface area (Å²) in [6.07, 6.45) is 2.00. The molecule has 2 fully saturated rings. The van der Waals surface area contributed by atoms with Crippen LogP contribution in [0.1, 0.15) is 65.0 Å². The summed E-state index contributed by atoms with van der Waals surface area (Å²) in [4.78, 5) is 94.3. The Bertz CT molecular complexity index is 1350. The molecular weight excluding hydrogens is 657 g/mol. The molecule has 6 amide bonds. The first kappa shape index (κ1) is 38.9. The summed E-state index contributed by atoms with van der Waals surface area (Å²) in [6.45, 7) is 6.53. The number of ketones is 1. The summed E-state index contributed by atoms with van der Waals surface area (Å²) in [5.41, 5.74) is 0.556. The van der Waals surface area contributed by atoms with Gasteiger partial charge in [-0.2, -0.15) is 0 Å². The maximum Gasteiger partial charge on any atom is 0.290 e. The Kier molecular flexibility index (Phi) is 14.3. The van der Waals surface area contributed by atoms with Crippen molar-refractivity contribution in [1.82, 2.24) is 31.1 Å². The van der Waals surface area contributed by atoms with Crippen LogP contribution in [-0.4, -0.2) is 112 Å². The fourth-order valence-corrected chi connectivity index (χ4v) is 9.03. The fraction of sp³-hybridized carbons (Fsp3) is 0.606. The average molecular weight is 705 g/mol. The first-order valence-electron chi connectivity index (χ1n) is 16.2. The first-order valence-corrected chi connectivity index (χ1v) is 18.2. The van der Waals surface area contributed by atoms with Crippen LogP contribution in [-0.2, 0) is 33.6 Å². The smallest absolute Gasteiger partial charge is 0.290 e. The molecule has 2 heterocycles. The lowest BCUT2D eigenvalue weighted by Crippen LogP contribution is -2.57. The van der Waals surface area contributed by atoms with Crippen LogP contribution in [0.15, 0.2) is 30.3 Å². The van der Waals surface area contributed by atoms with Crippen molar-refractivity contribution in [3.63, 3.8) is 0 Å². The maximum atomic E-state index is 13.9. The number of likely N-dealkylation sites (N-methyl/N-ethyl adjacent to an activating group) is 1. The van der Waals surface area contributed by atoms with Gasteiger partial charge in [-0.15, -0.1) is 23.5 Å². The van der Waals surface area contributed by atoms with E-state index in [4.69, 9.17) is 0 Å². The number of Topliss-reactive ketones (excluding diaryl/α,β-unsaturated/α-hetero) is 1. The molecule has 0 saturated carbocycles. The molecule has 1 aromatic rings. The number of carbonyl (C=O) groups excluding carboxylic acids is 7. The molecule has 13 nitrogen and oxygen atoms in total. The average Bonchev–Trinajstić information content (AvgIpc) is 3.42. The Hall–Kier alpha value is -3.59. The number of rotatable bonds is 14. The second-order valence-electron chi connectivity index (χ2n) is 12.6. The number of nitrogens with zero attached hydrogens (tertiary/aromatic N) is 2. The SMILES string of the molecule is CCCC(NC(=O)[C@@H]1CC2(CN1C(=O)C(NC(C)=O)C(C)C)SCCCS2)C(=O)C(=O)NCC(=O)NC(C(=O)N(C)C)c1ccccc1. The van der Waals surface area contributed by atoms with Crippen LogP contribution >= 0.6 is 23.5 Å². The highest BCUT2D eigenvalue weighted by Crippen LogP contribution is 2.50. The molecule has 3 rings (SSSR count). The van der Waals surface area contributed by atoms with Crippen LogP contribution < -0.4 is 21.3 Å². The quantitative estimate of drug-likeness (QED) is 0.208. The van der Waals surface area contributed by atoms with E-state index in [2.05, 4.69) is 21.3 Å². The van der Waals surface area contributed by atoms with E-state index < -0.39 is 58.3 Å². The summed E-state index contributed by atoms with van der Waals surface area (Å²) >= 11 is 3.43. The zero-order valence-electron chi connectivity index (χ0n) is 28.5. The zero-order valence-corrected chi connectivity index (χ0v) is 30.1. The highest BCUT2D eigenvalue weighted by Gasteiger charge is 2.52. The number of carbonyl (C=O) groups is 7. The Balaban J connectivity index is 1.71. The first-order chi connectivity index (χ1) is 22.7. The third-order valence-corrected chi connectivity index (χ3v) is 11.5. The number of benzene rings is 1. The number of hydrogen-bond donors (Lipinski definition) is 4. The number of likely N-dealkylation sites (tertiary alicyclic amines) is 1. The van der Waals surface area contributed by atoms with Gasteiger partial charge in [-0.05, 0) is 35.8 Å². The minimum absolute atomic E-state index is 0.160. The summed E-state index contributed by atoms with van der Waals surface area (Å²) in [5.74, 6) is -2.75. The molecule has 0 radical (unpaired) electrons. The lowest BCUT2D eigenvalue weighted by molar-refractivity contribution is -0.144. The van der Waals surface area contributed by atoms with E-state index in [1.807, 2.05) is 13.8 Å². The number of amides is 6. The van der Waals surface area contributed by atoms with Gasteiger partial charge >= 0.3 is 0 Å². The summed E-state index contributed by atoms with van der Waals surface area (Å²) in [6, 6.07) is 4.73. The minimum Gasteiger partial charge on any atom is -0.347 e.